The number of hydrogen-bond donors (Lipinski definition) is 1. The van der Waals surface area contributed by atoms with Crippen LogP contribution in [0.3, 0.4) is 0 Å². The van der Waals surface area contributed by atoms with Crippen molar-refractivity contribution in [1.82, 2.24) is 14.7 Å². The zero-order chi connectivity index (χ0) is 25.4. The molecule has 3 aliphatic heterocycles. The standard InChI is InChI=1S/C25H36Cl2N4O4/c1-24(2,3)25(17-28(7-12-31(25)23(33)34)15-18-6-13-35-16-18)22(32)30-10-8-29(9-11-30)19-4-5-20(26)21(27)14-19/h4-5,14,18H,6-13,15-17H2,1-3H3,(H,33,34)/t18?,25-/m1/s1. The van der Waals surface area contributed by atoms with Crippen LogP contribution in [0.1, 0.15) is 27.2 Å². The number of rotatable bonds is 4. The molecule has 2 atom stereocenters. The maximum Gasteiger partial charge on any atom is 0.408 e. The number of piperazine rings is 2. The number of hydrogen-bond acceptors (Lipinski definition) is 5. The molecule has 0 bridgehead atoms. The quantitative estimate of drug-likeness (QED) is 0.643. The predicted octanol–water partition coefficient (Wildman–Crippen LogP) is 3.76. The summed E-state index contributed by atoms with van der Waals surface area (Å²) < 4.78 is 5.55. The van der Waals surface area contributed by atoms with E-state index in [1.54, 1.807) is 6.07 Å². The lowest BCUT2D eigenvalue weighted by atomic mass is 9.69. The fourth-order valence-corrected chi connectivity index (χ4v) is 5.98. The van der Waals surface area contributed by atoms with Gasteiger partial charge in [0.25, 0.3) is 5.91 Å². The van der Waals surface area contributed by atoms with E-state index < -0.39 is 17.0 Å². The average Bonchev–Trinajstić information content (AvgIpc) is 3.32. The molecule has 0 spiro atoms. The summed E-state index contributed by atoms with van der Waals surface area (Å²) in [5.74, 6) is 0.322. The smallest absolute Gasteiger partial charge is 0.408 e. The first-order valence-electron chi connectivity index (χ1n) is 12.3. The van der Waals surface area contributed by atoms with E-state index in [0.29, 0.717) is 61.8 Å². The number of carboxylic acid groups (broad SMARTS) is 1. The van der Waals surface area contributed by atoms with E-state index >= 15 is 0 Å². The molecule has 1 aromatic rings. The molecule has 3 fully saturated rings. The fourth-order valence-electron chi connectivity index (χ4n) is 5.68. The number of anilines is 1. The van der Waals surface area contributed by atoms with Gasteiger partial charge in [0.05, 0.1) is 16.7 Å². The molecule has 0 aliphatic carbocycles. The van der Waals surface area contributed by atoms with E-state index in [-0.39, 0.29) is 5.91 Å². The van der Waals surface area contributed by atoms with Gasteiger partial charge in [-0.25, -0.2) is 4.79 Å². The molecule has 3 heterocycles. The third-order valence-electron chi connectivity index (χ3n) is 7.75. The minimum Gasteiger partial charge on any atom is -0.465 e. The number of amides is 2. The molecule has 1 unspecified atom stereocenters. The zero-order valence-corrected chi connectivity index (χ0v) is 22.3. The number of carbonyl (C=O) groups is 2. The van der Waals surface area contributed by atoms with Crippen molar-refractivity contribution in [3.63, 3.8) is 0 Å². The van der Waals surface area contributed by atoms with Gasteiger partial charge in [-0.05, 0) is 36.0 Å². The van der Waals surface area contributed by atoms with Crippen molar-refractivity contribution < 1.29 is 19.4 Å². The zero-order valence-electron chi connectivity index (χ0n) is 20.8. The first kappa shape index (κ1) is 26.3. The van der Waals surface area contributed by atoms with Gasteiger partial charge in [0, 0.05) is 64.7 Å². The number of halogens is 2. The molecule has 3 aliphatic rings. The molecule has 1 N–H and O–H groups in total. The van der Waals surface area contributed by atoms with Gasteiger partial charge in [0.2, 0.25) is 0 Å². The van der Waals surface area contributed by atoms with Gasteiger partial charge in [0.1, 0.15) is 5.54 Å². The van der Waals surface area contributed by atoms with Crippen LogP contribution in [-0.2, 0) is 9.53 Å². The molecule has 4 rings (SSSR count). The van der Waals surface area contributed by atoms with Crippen LogP contribution in [0.4, 0.5) is 10.5 Å². The Bertz CT molecular complexity index is 942. The molecule has 35 heavy (non-hydrogen) atoms. The van der Waals surface area contributed by atoms with Crippen molar-refractivity contribution in [1.29, 1.82) is 0 Å². The SMILES string of the molecule is CC(C)(C)[C@]1(C(=O)N2CCN(c3ccc(Cl)c(Cl)c3)CC2)CN(CC2CCOC2)CCN1C(=O)O. The molecule has 8 nitrogen and oxygen atoms in total. The minimum atomic E-state index is -1.16. The highest BCUT2D eigenvalue weighted by Gasteiger charge is 2.59. The predicted molar refractivity (Wildman–Crippen MR) is 138 cm³/mol. The molecule has 10 heteroatoms. The Labute approximate surface area is 217 Å². The summed E-state index contributed by atoms with van der Waals surface area (Å²) >= 11 is 12.3. The highest BCUT2D eigenvalue weighted by atomic mass is 35.5. The molecule has 0 radical (unpaired) electrons. The lowest BCUT2D eigenvalue weighted by molar-refractivity contribution is -0.158. The van der Waals surface area contributed by atoms with E-state index in [1.807, 2.05) is 37.8 Å². The molecular formula is C25H36Cl2N4O4. The van der Waals surface area contributed by atoms with Crippen molar-refractivity contribution in [2.24, 2.45) is 11.3 Å². The van der Waals surface area contributed by atoms with Gasteiger partial charge in [-0.3, -0.25) is 14.6 Å². The van der Waals surface area contributed by atoms with E-state index in [0.717, 1.165) is 31.9 Å². The average molecular weight is 527 g/mol. The normalized spacial score (nSPS) is 26.3. The fraction of sp³-hybridized carbons (Fsp3) is 0.680. The van der Waals surface area contributed by atoms with Crippen molar-refractivity contribution in [3.8, 4) is 0 Å². The molecule has 0 saturated carbocycles. The summed E-state index contributed by atoms with van der Waals surface area (Å²) in [4.78, 5) is 34.4. The number of ether oxygens (including phenoxy) is 1. The van der Waals surface area contributed by atoms with Gasteiger partial charge >= 0.3 is 6.09 Å². The van der Waals surface area contributed by atoms with E-state index in [2.05, 4.69) is 9.80 Å². The second kappa shape index (κ2) is 10.3. The van der Waals surface area contributed by atoms with E-state index in [9.17, 15) is 14.7 Å². The summed E-state index contributed by atoms with van der Waals surface area (Å²) in [6.45, 7) is 11.9. The van der Waals surface area contributed by atoms with Crippen molar-refractivity contribution in [2.45, 2.75) is 32.7 Å². The lowest BCUT2D eigenvalue weighted by Gasteiger charge is -2.56. The van der Waals surface area contributed by atoms with Crippen molar-refractivity contribution in [2.75, 3.05) is 70.5 Å². The van der Waals surface area contributed by atoms with E-state index in [1.165, 1.54) is 4.90 Å². The van der Waals surface area contributed by atoms with Gasteiger partial charge < -0.3 is 19.6 Å². The Kier molecular flexibility index (Phi) is 7.77. The topological polar surface area (TPSA) is 76.6 Å². The second-order valence-corrected chi connectivity index (χ2v) is 11.7. The highest BCUT2D eigenvalue weighted by Crippen LogP contribution is 2.41. The van der Waals surface area contributed by atoms with Crippen molar-refractivity contribution in [3.05, 3.63) is 28.2 Å². The Morgan fingerprint density at radius 3 is 2.37 bits per heavy atom. The van der Waals surface area contributed by atoms with Crippen LogP contribution in [0.5, 0.6) is 0 Å². The van der Waals surface area contributed by atoms with Crippen molar-refractivity contribution >= 4 is 40.9 Å². The monoisotopic (exact) mass is 526 g/mol. The van der Waals surface area contributed by atoms with Gasteiger partial charge in [-0.2, -0.15) is 0 Å². The van der Waals surface area contributed by atoms with E-state index in [4.69, 9.17) is 27.9 Å². The maximum atomic E-state index is 14.3. The Balaban J connectivity index is 1.55. The van der Waals surface area contributed by atoms with Crippen LogP contribution in [0.25, 0.3) is 0 Å². The molecule has 0 aromatic heterocycles. The van der Waals surface area contributed by atoms with Crippen LogP contribution in [-0.4, -0.2) is 103 Å². The summed E-state index contributed by atoms with van der Waals surface area (Å²) in [5, 5.41) is 11.2. The maximum absolute atomic E-state index is 14.3. The number of benzene rings is 1. The Hall–Kier alpha value is -1.74. The Morgan fingerprint density at radius 2 is 1.80 bits per heavy atom. The number of carbonyl (C=O) groups excluding carboxylic acids is 1. The summed E-state index contributed by atoms with van der Waals surface area (Å²) in [5.41, 5.74) is -0.789. The third-order valence-corrected chi connectivity index (χ3v) is 8.49. The highest BCUT2D eigenvalue weighted by molar-refractivity contribution is 6.42. The molecule has 3 saturated heterocycles. The molecular weight excluding hydrogens is 491 g/mol. The van der Waals surface area contributed by atoms with Gasteiger partial charge in [0.15, 0.2) is 0 Å². The molecule has 2 amide bonds. The van der Waals surface area contributed by atoms with Crippen LogP contribution >= 0.6 is 23.2 Å². The van der Waals surface area contributed by atoms with Crippen LogP contribution in [0, 0.1) is 11.3 Å². The number of nitrogens with zero attached hydrogens (tertiary/aromatic N) is 4. The minimum absolute atomic E-state index is 0.103. The summed E-state index contributed by atoms with van der Waals surface area (Å²) in [6, 6.07) is 5.55. The summed E-state index contributed by atoms with van der Waals surface area (Å²) in [6.07, 6.45) is -0.0294. The first-order valence-corrected chi connectivity index (χ1v) is 13.1. The largest absolute Gasteiger partial charge is 0.465 e. The van der Waals surface area contributed by atoms with Crippen LogP contribution < -0.4 is 4.90 Å². The Morgan fingerprint density at radius 1 is 1.09 bits per heavy atom. The first-order chi connectivity index (χ1) is 16.5. The molecule has 1 aromatic carbocycles. The van der Waals surface area contributed by atoms with Gasteiger partial charge in [-0.1, -0.05) is 44.0 Å². The van der Waals surface area contributed by atoms with Crippen LogP contribution in [0.15, 0.2) is 18.2 Å². The van der Waals surface area contributed by atoms with Gasteiger partial charge in [-0.15, -0.1) is 0 Å². The lowest BCUT2D eigenvalue weighted by Crippen LogP contribution is -2.75. The van der Waals surface area contributed by atoms with Crippen LogP contribution in [0.2, 0.25) is 10.0 Å². The summed E-state index contributed by atoms with van der Waals surface area (Å²) in [7, 11) is 0. The second-order valence-electron chi connectivity index (χ2n) is 10.9. The third kappa shape index (κ3) is 5.22. The molecule has 194 valence electrons.